The summed E-state index contributed by atoms with van der Waals surface area (Å²) in [5.41, 5.74) is 5.07. The van der Waals surface area contributed by atoms with Crippen LogP contribution in [0.4, 0.5) is 0 Å². The molecule has 3 N–H and O–H groups in total. The third kappa shape index (κ3) is 2.14. The summed E-state index contributed by atoms with van der Waals surface area (Å²) in [5, 5.41) is 8.86. The fraction of sp³-hybridized carbons (Fsp3) is 0.818. The van der Waals surface area contributed by atoms with Crippen molar-refractivity contribution in [1.82, 2.24) is 4.90 Å². The number of amides is 1. The molecule has 0 aromatic carbocycles. The van der Waals surface area contributed by atoms with E-state index < -0.39 is 17.4 Å². The number of carboxylic acid groups (broad SMARTS) is 1. The van der Waals surface area contributed by atoms with Crippen molar-refractivity contribution in [3.05, 3.63) is 0 Å². The fourth-order valence-electron chi connectivity index (χ4n) is 2.26. The second-order valence-corrected chi connectivity index (χ2v) is 5.06. The summed E-state index contributed by atoms with van der Waals surface area (Å²) in [5.74, 6) is -1.28. The standard InChI is InChI=1S/C11H18N2O4/c1-7(9(14)15)8-4-13(5-8)10(16)11(12)2-3-17-6-11/h7-8H,2-6,12H2,1H3,(H,14,15). The van der Waals surface area contributed by atoms with E-state index in [1.54, 1.807) is 11.8 Å². The molecular formula is C11H18N2O4. The van der Waals surface area contributed by atoms with Gasteiger partial charge in [0.05, 0.1) is 12.5 Å². The Bertz CT molecular complexity index is 332. The topological polar surface area (TPSA) is 92.9 Å². The number of hydrogen-bond acceptors (Lipinski definition) is 4. The van der Waals surface area contributed by atoms with Crippen molar-refractivity contribution in [3.8, 4) is 0 Å². The average Bonchev–Trinajstić information content (AvgIpc) is 2.63. The van der Waals surface area contributed by atoms with Gasteiger partial charge in [-0.25, -0.2) is 0 Å². The molecule has 0 aliphatic carbocycles. The number of nitrogens with two attached hydrogens (primary N) is 1. The molecule has 1 amide bonds. The normalized spacial score (nSPS) is 31.1. The Morgan fingerprint density at radius 1 is 1.53 bits per heavy atom. The molecule has 2 heterocycles. The Morgan fingerprint density at radius 2 is 2.18 bits per heavy atom. The van der Waals surface area contributed by atoms with Crippen molar-refractivity contribution in [1.29, 1.82) is 0 Å². The third-order valence-electron chi connectivity index (χ3n) is 3.77. The van der Waals surface area contributed by atoms with E-state index in [9.17, 15) is 9.59 Å². The Hall–Kier alpha value is -1.14. The molecule has 2 aliphatic rings. The van der Waals surface area contributed by atoms with Gasteiger partial charge >= 0.3 is 5.97 Å². The predicted octanol–water partition coefficient (Wildman–Crippen LogP) is -0.717. The minimum atomic E-state index is -0.891. The molecule has 2 atom stereocenters. The minimum absolute atomic E-state index is 0.0439. The lowest BCUT2D eigenvalue weighted by molar-refractivity contribution is -0.153. The first-order chi connectivity index (χ1) is 7.94. The number of nitrogens with zero attached hydrogens (tertiary/aromatic N) is 1. The first-order valence-corrected chi connectivity index (χ1v) is 5.83. The molecule has 6 heteroatoms. The van der Waals surface area contributed by atoms with Crippen molar-refractivity contribution in [3.63, 3.8) is 0 Å². The summed E-state index contributed by atoms with van der Waals surface area (Å²) in [6, 6.07) is 0. The Balaban J connectivity index is 1.87. The van der Waals surface area contributed by atoms with Gasteiger partial charge in [0.15, 0.2) is 0 Å². The largest absolute Gasteiger partial charge is 0.481 e. The summed E-state index contributed by atoms with van der Waals surface area (Å²) in [6.45, 7) is 3.44. The van der Waals surface area contributed by atoms with E-state index in [0.29, 0.717) is 26.1 Å². The van der Waals surface area contributed by atoms with E-state index in [0.717, 1.165) is 0 Å². The second-order valence-electron chi connectivity index (χ2n) is 5.06. The van der Waals surface area contributed by atoms with Gasteiger partial charge in [-0.3, -0.25) is 9.59 Å². The highest BCUT2D eigenvalue weighted by molar-refractivity contribution is 5.87. The lowest BCUT2D eigenvalue weighted by Crippen LogP contribution is -2.63. The van der Waals surface area contributed by atoms with E-state index in [1.807, 2.05) is 0 Å². The van der Waals surface area contributed by atoms with Crippen molar-refractivity contribution in [2.45, 2.75) is 18.9 Å². The van der Waals surface area contributed by atoms with Gasteiger partial charge in [0, 0.05) is 25.6 Å². The van der Waals surface area contributed by atoms with Crippen molar-refractivity contribution < 1.29 is 19.4 Å². The van der Waals surface area contributed by atoms with Crippen molar-refractivity contribution >= 4 is 11.9 Å². The van der Waals surface area contributed by atoms with Crippen molar-refractivity contribution in [2.24, 2.45) is 17.6 Å². The zero-order valence-corrected chi connectivity index (χ0v) is 9.89. The molecule has 0 aromatic rings. The molecule has 2 fully saturated rings. The molecule has 96 valence electrons. The maximum Gasteiger partial charge on any atom is 0.306 e. The zero-order valence-electron chi connectivity index (χ0n) is 9.89. The molecule has 0 radical (unpaired) electrons. The number of hydrogen-bond donors (Lipinski definition) is 2. The van der Waals surface area contributed by atoms with Crippen LogP contribution in [0.15, 0.2) is 0 Å². The number of carbonyl (C=O) groups excluding carboxylic acids is 1. The molecule has 2 unspecified atom stereocenters. The summed E-state index contributed by atoms with van der Waals surface area (Å²) in [6.07, 6.45) is 0.543. The molecule has 0 aromatic heterocycles. The van der Waals surface area contributed by atoms with Gasteiger partial charge in [0.1, 0.15) is 5.54 Å². The first kappa shape index (κ1) is 12.3. The summed E-state index contributed by atoms with van der Waals surface area (Å²) < 4.78 is 5.15. The molecule has 2 aliphatic heterocycles. The van der Waals surface area contributed by atoms with Crippen LogP contribution in [0, 0.1) is 11.8 Å². The highest BCUT2D eigenvalue weighted by Gasteiger charge is 2.46. The van der Waals surface area contributed by atoms with Crippen LogP contribution in [-0.2, 0) is 14.3 Å². The maximum atomic E-state index is 12.1. The van der Waals surface area contributed by atoms with Crippen LogP contribution in [0.2, 0.25) is 0 Å². The summed E-state index contributed by atoms with van der Waals surface area (Å²) >= 11 is 0. The smallest absolute Gasteiger partial charge is 0.306 e. The van der Waals surface area contributed by atoms with Gasteiger partial charge in [-0.2, -0.15) is 0 Å². The van der Waals surface area contributed by atoms with Gasteiger partial charge in [-0.1, -0.05) is 6.92 Å². The van der Waals surface area contributed by atoms with Gasteiger partial charge in [0.2, 0.25) is 5.91 Å². The number of likely N-dealkylation sites (tertiary alicyclic amines) is 1. The monoisotopic (exact) mass is 242 g/mol. The lowest BCUT2D eigenvalue weighted by Gasteiger charge is -2.44. The quantitative estimate of drug-likeness (QED) is 0.681. The molecule has 2 saturated heterocycles. The van der Waals surface area contributed by atoms with Gasteiger partial charge in [-0.15, -0.1) is 0 Å². The fourth-order valence-corrected chi connectivity index (χ4v) is 2.26. The van der Waals surface area contributed by atoms with E-state index in [4.69, 9.17) is 15.6 Å². The zero-order chi connectivity index (χ0) is 12.6. The molecule has 6 nitrogen and oxygen atoms in total. The van der Waals surface area contributed by atoms with E-state index in [1.165, 1.54) is 0 Å². The van der Waals surface area contributed by atoms with Crippen LogP contribution >= 0.6 is 0 Å². The number of aliphatic carboxylic acids is 1. The highest BCUT2D eigenvalue weighted by atomic mass is 16.5. The molecule has 0 bridgehead atoms. The average molecular weight is 242 g/mol. The molecule has 2 rings (SSSR count). The third-order valence-corrected chi connectivity index (χ3v) is 3.77. The van der Waals surface area contributed by atoms with Crippen molar-refractivity contribution in [2.75, 3.05) is 26.3 Å². The number of carboxylic acids is 1. The highest BCUT2D eigenvalue weighted by Crippen LogP contribution is 2.28. The first-order valence-electron chi connectivity index (χ1n) is 5.83. The number of carbonyl (C=O) groups is 2. The summed E-state index contributed by atoms with van der Waals surface area (Å²) in [4.78, 5) is 24.5. The predicted molar refractivity (Wildman–Crippen MR) is 59.2 cm³/mol. The Morgan fingerprint density at radius 3 is 2.65 bits per heavy atom. The maximum absolute atomic E-state index is 12.1. The molecule has 0 spiro atoms. The van der Waals surface area contributed by atoms with Gasteiger partial charge < -0.3 is 20.5 Å². The Labute approximate surface area is 99.7 Å². The second kappa shape index (κ2) is 4.27. The van der Waals surface area contributed by atoms with E-state index in [2.05, 4.69) is 0 Å². The Kier molecular flexibility index (Phi) is 3.09. The van der Waals surface area contributed by atoms with Gasteiger partial charge in [-0.05, 0) is 6.42 Å². The molecule has 17 heavy (non-hydrogen) atoms. The SMILES string of the molecule is CC(C(=O)O)C1CN(C(=O)C2(N)CCOC2)C1. The number of ether oxygens (including phenoxy) is 1. The van der Waals surface area contributed by atoms with Crippen LogP contribution in [0.25, 0.3) is 0 Å². The van der Waals surface area contributed by atoms with Crippen LogP contribution in [0.3, 0.4) is 0 Å². The van der Waals surface area contributed by atoms with Crippen LogP contribution in [0.1, 0.15) is 13.3 Å². The van der Waals surface area contributed by atoms with E-state index >= 15 is 0 Å². The minimum Gasteiger partial charge on any atom is -0.481 e. The lowest BCUT2D eigenvalue weighted by atomic mass is 9.85. The summed E-state index contributed by atoms with van der Waals surface area (Å²) in [7, 11) is 0. The van der Waals surface area contributed by atoms with Gasteiger partial charge in [0.25, 0.3) is 0 Å². The molecule has 0 saturated carbocycles. The van der Waals surface area contributed by atoms with E-state index in [-0.39, 0.29) is 18.4 Å². The molecular weight excluding hydrogens is 224 g/mol. The van der Waals surface area contributed by atoms with Crippen LogP contribution < -0.4 is 5.73 Å². The number of rotatable bonds is 3. The van der Waals surface area contributed by atoms with Crippen LogP contribution in [0.5, 0.6) is 0 Å². The van der Waals surface area contributed by atoms with Crippen LogP contribution in [-0.4, -0.2) is 53.7 Å².